The van der Waals surface area contributed by atoms with Crippen LogP contribution in [0.4, 0.5) is 4.79 Å². The average Bonchev–Trinajstić information content (AvgIpc) is 3.41. The lowest BCUT2D eigenvalue weighted by atomic mass is 9.84. The number of fused-ring (bicyclic) bond motifs is 5. The van der Waals surface area contributed by atoms with Crippen LogP contribution in [0.3, 0.4) is 0 Å². The van der Waals surface area contributed by atoms with Crippen LogP contribution >= 0.6 is 0 Å². The van der Waals surface area contributed by atoms with Crippen molar-refractivity contribution in [1.82, 2.24) is 19.4 Å². The number of amides is 1. The molecule has 226 valence electrons. The van der Waals surface area contributed by atoms with Crippen LogP contribution in [-0.4, -0.2) is 62.8 Å². The zero-order valence-corrected chi connectivity index (χ0v) is 25.2. The number of piperidine rings is 2. The second kappa shape index (κ2) is 10.8. The summed E-state index contributed by atoms with van der Waals surface area (Å²) in [5.74, 6) is 0.762. The van der Waals surface area contributed by atoms with Gasteiger partial charge in [-0.3, -0.25) is 4.79 Å². The first-order chi connectivity index (χ1) is 20.8. The van der Waals surface area contributed by atoms with E-state index >= 15 is 0 Å². The fourth-order valence-electron chi connectivity index (χ4n) is 7.59. The first-order valence-corrected chi connectivity index (χ1v) is 15.8. The highest BCUT2D eigenvalue weighted by Gasteiger charge is 2.41. The van der Waals surface area contributed by atoms with E-state index in [-0.39, 0.29) is 24.0 Å². The number of aryl methyl sites for hydroxylation is 1. The lowest BCUT2D eigenvalue weighted by Crippen LogP contribution is -2.48. The summed E-state index contributed by atoms with van der Waals surface area (Å²) in [6.45, 7) is 12.1. The predicted octanol–water partition coefficient (Wildman–Crippen LogP) is 5.08. The van der Waals surface area contributed by atoms with Crippen molar-refractivity contribution >= 4 is 17.0 Å². The summed E-state index contributed by atoms with van der Waals surface area (Å²) < 4.78 is 13.3. The third-order valence-electron chi connectivity index (χ3n) is 10.1. The molecule has 4 aliphatic rings. The monoisotopic (exact) mass is 584 g/mol. The Kier molecular flexibility index (Phi) is 7.05. The summed E-state index contributed by atoms with van der Waals surface area (Å²) >= 11 is 0. The molecular weight excluding hydrogens is 544 g/mol. The van der Waals surface area contributed by atoms with Crippen LogP contribution in [0, 0.1) is 0 Å². The van der Waals surface area contributed by atoms with Gasteiger partial charge in [-0.25, -0.2) is 9.78 Å². The van der Waals surface area contributed by atoms with E-state index in [1.807, 2.05) is 30.0 Å². The molecule has 4 aliphatic heterocycles. The molecule has 2 aromatic heterocycles. The van der Waals surface area contributed by atoms with Gasteiger partial charge < -0.3 is 28.9 Å². The maximum Gasteiger partial charge on any atom is 0.415 e. The molecule has 6 heterocycles. The summed E-state index contributed by atoms with van der Waals surface area (Å²) in [4.78, 5) is 36.2. The molecule has 7 rings (SSSR count). The summed E-state index contributed by atoms with van der Waals surface area (Å²) in [6, 6.07) is 8.05. The molecule has 1 unspecified atom stereocenters. The van der Waals surface area contributed by atoms with Crippen molar-refractivity contribution in [2.24, 2.45) is 0 Å². The largest absolute Gasteiger partial charge is 0.490 e. The second-order valence-electron chi connectivity index (χ2n) is 12.4. The molecule has 9 nitrogen and oxygen atoms in total. The second-order valence-corrected chi connectivity index (χ2v) is 12.4. The molecule has 9 heteroatoms. The van der Waals surface area contributed by atoms with E-state index in [0.29, 0.717) is 54.7 Å². The number of aromatic nitrogens is 2. The number of rotatable bonds is 4. The lowest BCUT2D eigenvalue weighted by Gasteiger charge is -2.39. The Morgan fingerprint density at radius 3 is 2.60 bits per heavy atom. The van der Waals surface area contributed by atoms with Gasteiger partial charge in [0.25, 0.3) is 5.56 Å². The van der Waals surface area contributed by atoms with Gasteiger partial charge in [0.2, 0.25) is 0 Å². The van der Waals surface area contributed by atoms with Gasteiger partial charge in [0.05, 0.1) is 29.0 Å². The number of hydrogen-bond acceptors (Lipinski definition) is 7. The van der Waals surface area contributed by atoms with Gasteiger partial charge in [-0.2, -0.15) is 0 Å². The third-order valence-corrected chi connectivity index (χ3v) is 10.1. The smallest absolute Gasteiger partial charge is 0.415 e. The molecule has 3 aromatic rings. The molecule has 0 radical (unpaired) electrons. The van der Waals surface area contributed by atoms with Gasteiger partial charge in [-0.1, -0.05) is 26.8 Å². The number of likely N-dealkylation sites (tertiary alicyclic amines) is 2. The van der Waals surface area contributed by atoms with Gasteiger partial charge in [0.15, 0.2) is 0 Å². The Morgan fingerprint density at radius 1 is 1.12 bits per heavy atom. The van der Waals surface area contributed by atoms with Crippen molar-refractivity contribution in [2.45, 2.75) is 83.6 Å². The number of ether oxygens (including phenoxy) is 2. The first kappa shape index (κ1) is 28.1. The summed E-state index contributed by atoms with van der Waals surface area (Å²) in [6.07, 6.45) is 6.63. The molecule has 2 saturated heterocycles. The molecule has 0 saturated carbocycles. The van der Waals surface area contributed by atoms with Gasteiger partial charge in [-0.05, 0) is 81.4 Å². The predicted molar refractivity (Wildman–Crippen MR) is 164 cm³/mol. The zero-order valence-electron chi connectivity index (χ0n) is 25.2. The number of hydrogen-bond donors (Lipinski definition) is 1. The van der Waals surface area contributed by atoms with Crippen LogP contribution in [0.5, 0.6) is 5.75 Å². The Bertz CT molecular complexity index is 1680. The number of benzene rings is 1. The lowest BCUT2D eigenvalue weighted by molar-refractivity contribution is -0.0172. The maximum atomic E-state index is 13.7. The maximum absolute atomic E-state index is 13.7. The minimum atomic E-state index is -1.42. The van der Waals surface area contributed by atoms with Crippen LogP contribution in [0.15, 0.2) is 41.4 Å². The molecule has 0 aliphatic carbocycles. The topological polar surface area (TPSA) is 97.1 Å². The number of carbonyl (C=O) groups excluding carboxylic acids is 1. The van der Waals surface area contributed by atoms with E-state index < -0.39 is 5.60 Å². The molecule has 1 aromatic carbocycles. The standard InChI is InChI=1S/C34H40N4O5/c1-4-24-25-17-23(43-33(40)37-15-11-22(12-16-37)36-13-7-6-8-14-36)9-10-29(25)35-31-26(24)19-38-30(31)18-28-27(32(38)39)20-42-21(3)34(28,41)5-2/h9-10,17-18,22,41H,3-8,11-16,19-20H2,1-2H3. The molecule has 1 N–H and O–H groups in total. The Labute approximate surface area is 251 Å². The van der Waals surface area contributed by atoms with Crippen molar-refractivity contribution in [3.8, 4) is 17.1 Å². The Balaban J connectivity index is 1.16. The van der Waals surface area contributed by atoms with Gasteiger partial charge in [0, 0.05) is 35.6 Å². The Hall–Kier alpha value is -3.69. The third kappa shape index (κ3) is 4.55. The summed E-state index contributed by atoms with van der Waals surface area (Å²) in [5.41, 5.74) is 3.70. The molecule has 1 amide bonds. The van der Waals surface area contributed by atoms with E-state index in [9.17, 15) is 14.7 Å². The molecule has 0 spiro atoms. The zero-order chi connectivity index (χ0) is 29.9. The SMILES string of the molecule is C=C1OCc2c(cc3n(c2=O)Cc2c-3nc3ccc(OC(=O)N4CCC(N5CCCCC5)CC4)cc3c2CC)C1(O)CC. The van der Waals surface area contributed by atoms with Crippen LogP contribution in [0.1, 0.15) is 74.6 Å². The van der Waals surface area contributed by atoms with Gasteiger partial charge >= 0.3 is 6.09 Å². The summed E-state index contributed by atoms with van der Waals surface area (Å²) in [7, 11) is 0. The van der Waals surface area contributed by atoms with Crippen molar-refractivity contribution in [1.29, 1.82) is 0 Å². The highest BCUT2D eigenvalue weighted by atomic mass is 16.6. The van der Waals surface area contributed by atoms with Crippen molar-refractivity contribution in [3.05, 3.63) is 69.2 Å². The minimum absolute atomic E-state index is 0.0899. The van der Waals surface area contributed by atoms with Gasteiger partial charge in [0.1, 0.15) is 23.7 Å². The number of aliphatic hydroxyl groups is 1. The minimum Gasteiger partial charge on any atom is -0.490 e. The number of carbonyl (C=O) groups is 1. The van der Waals surface area contributed by atoms with Crippen molar-refractivity contribution in [3.63, 3.8) is 0 Å². The van der Waals surface area contributed by atoms with E-state index in [4.69, 9.17) is 14.5 Å². The first-order valence-electron chi connectivity index (χ1n) is 15.8. The van der Waals surface area contributed by atoms with Crippen LogP contribution in [-0.2, 0) is 29.9 Å². The van der Waals surface area contributed by atoms with Gasteiger partial charge in [-0.15, -0.1) is 0 Å². The van der Waals surface area contributed by atoms with E-state index in [0.717, 1.165) is 47.0 Å². The summed E-state index contributed by atoms with van der Waals surface area (Å²) in [5, 5.41) is 12.3. The number of pyridine rings is 2. The van der Waals surface area contributed by atoms with Crippen LogP contribution < -0.4 is 10.3 Å². The van der Waals surface area contributed by atoms with Crippen molar-refractivity contribution < 1.29 is 19.4 Å². The quantitative estimate of drug-likeness (QED) is 0.357. The molecule has 43 heavy (non-hydrogen) atoms. The fraction of sp³-hybridized carbons (Fsp3) is 0.500. The molecule has 0 bridgehead atoms. The highest BCUT2D eigenvalue weighted by molar-refractivity contribution is 5.89. The molecule has 2 fully saturated rings. The normalized spacial score (nSPS) is 22.2. The van der Waals surface area contributed by atoms with Crippen LogP contribution in [0.2, 0.25) is 0 Å². The average molecular weight is 585 g/mol. The highest BCUT2D eigenvalue weighted by Crippen LogP contribution is 2.43. The van der Waals surface area contributed by atoms with E-state index in [2.05, 4.69) is 18.4 Å². The van der Waals surface area contributed by atoms with Crippen LogP contribution in [0.25, 0.3) is 22.3 Å². The van der Waals surface area contributed by atoms with E-state index in [1.54, 1.807) is 10.6 Å². The van der Waals surface area contributed by atoms with E-state index in [1.165, 1.54) is 32.4 Å². The molecule has 1 atom stereocenters. The number of nitrogens with zero attached hydrogens (tertiary/aromatic N) is 4. The van der Waals surface area contributed by atoms with Crippen molar-refractivity contribution in [2.75, 3.05) is 26.2 Å². The Morgan fingerprint density at radius 2 is 1.88 bits per heavy atom. The molecular formula is C34H40N4O5. The fourth-order valence-corrected chi connectivity index (χ4v) is 7.59.